The van der Waals surface area contributed by atoms with Crippen LogP contribution in [0.15, 0.2) is 54.7 Å². The van der Waals surface area contributed by atoms with Crippen LogP contribution in [0.5, 0.6) is 0 Å². The highest BCUT2D eigenvalue weighted by atomic mass is 35.5. The quantitative estimate of drug-likeness (QED) is 0.843. The Labute approximate surface area is 173 Å². The lowest BCUT2D eigenvalue weighted by atomic mass is 9.96. The molecule has 1 unspecified atom stereocenters. The average molecular weight is 408 g/mol. The third kappa shape index (κ3) is 5.22. The first kappa shape index (κ1) is 21.7. The van der Waals surface area contributed by atoms with E-state index >= 15 is 0 Å². The SMILES string of the molecule is Cl.Cl.O=C([C@H]1C[C@@H](c2ccccc2)CN1)N1CCC(Cc2ccccn2)C1. The van der Waals surface area contributed by atoms with E-state index in [4.69, 9.17) is 0 Å². The molecule has 27 heavy (non-hydrogen) atoms. The first-order valence-corrected chi connectivity index (χ1v) is 9.26. The van der Waals surface area contributed by atoms with E-state index in [9.17, 15) is 4.79 Å². The van der Waals surface area contributed by atoms with Crippen LogP contribution in [0.1, 0.15) is 30.0 Å². The third-order valence-corrected chi connectivity index (χ3v) is 5.52. The number of hydrogen-bond donors (Lipinski definition) is 1. The first-order valence-electron chi connectivity index (χ1n) is 9.26. The molecule has 4 nitrogen and oxygen atoms in total. The van der Waals surface area contributed by atoms with Gasteiger partial charge in [-0.2, -0.15) is 0 Å². The number of likely N-dealkylation sites (tertiary alicyclic amines) is 1. The smallest absolute Gasteiger partial charge is 0.239 e. The monoisotopic (exact) mass is 407 g/mol. The summed E-state index contributed by atoms with van der Waals surface area (Å²) in [7, 11) is 0. The molecule has 146 valence electrons. The Balaban J connectivity index is 0.00000131. The van der Waals surface area contributed by atoms with Gasteiger partial charge in [0.25, 0.3) is 0 Å². The van der Waals surface area contributed by atoms with Crippen LogP contribution >= 0.6 is 24.8 Å². The number of nitrogens with one attached hydrogen (secondary N) is 1. The van der Waals surface area contributed by atoms with Crippen molar-refractivity contribution in [2.45, 2.75) is 31.2 Å². The third-order valence-electron chi connectivity index (χ3n) is 5.52. The summed E-state index contributed by atoms with van der Waals surface area (Å²) in [5.41, 5.74) is 2.46. The Bertz CT molecular complexity index is 714. The van der Waals surface area contributed by atoms with Gasteiger partial charge in [0.05, 0.1) is 6.04 Å². The molecule has 3 atom stereocenters. The maximum Gasteiger partial charge on any atom is 0.239 e. The molecular weight excluding hydrogens is 381 g/mol. The lowest BCUT2D eigenvalue weighted by Gasteiger charge is -2.21. The molecule has 2 fully saturated rings. The number of benzene rings is 1. The van der Waals surface area contributed by atoms with Crippen molar-refractivity contribution in [3.63, 3.8) is 0 Å². The summed E-state index contributed by atoms with van der Waals surface area (Å²) in [6, 6.07) is 16.6. The van der Waals surface area contributed by atoms with Crippen LogP contribution in [0.25, 0.3) is 0 Å². The molecule has 3 heterocycles. The van der Waals surface area contributed by atoms with Gasteiger partial charge in [-0.3, -0.25) is 9.78 Å². The van der Waals surface area contributed by atoms with Gasteiger partial charge in [-0.25, -0.2) is 0 Å². The number of aromatic nitrogens is 1. The molecule has 2 aromatic rings. The topological polar surface area (TPSA) is 45.2 Å². The maximum absolute atomic E-state index is 12.9. The van der Waals surface area contributed by atoms with Crippen molar-refractivity contribution >= 4 is 30.7 Å². The highest BCUT2D eigenvalue weighted by Gasteiger charge is 2.35. The zero-order valence-corrected chi connectivity index (χ0v) is 16.9. The number of amides is 1. The van der Waals surface area contributed by atoms with Gasteiger partial charge in [0, 0.05) is 31.5 Å². The zero-order chi connectivity index (χ0) is 17.1. The molecule has 2 aliphatic rings. The molecular formula is C21H27Cl2N3O. The summed E-state index contributed by atoms with van der Waals surface area (Å²) in [5.74, 6) is 1.26. The number of carbonyl (C=O) groups excluding carboxylic acids is 1. The first-order chi connectivity index (χ1) is 12.3. The van der Waals surface area contributed by atoms with Crippen molar-refractivity contribution in [1.29, 1.82) is 0 Å². The predicted octanol–water partition coefficient (Wildman–Crippen LogP) is 3.46. The molecule has 0 saturated carbocycles. The highest BCUT2D eigenvalue weighted by Crippen LogP contribution is 2.28. The lowest BCUT2D eigenvalue weighted by Crippen LogP contribution is -2.42. The second-order valence-corrected chi connectivity index (χ2v) is 7.27. The largest absolute Gasteiger partial charge is 0.341 e. The summed E-state index contributed by atoms with van der Waals surface area (Å²) in [6.45, 7) is 2.64. The highest BCUT2D eigenvalue weighted by molar-refractivity contribution is 5.85. The van der Waals surface area contributed by atoms with Crippen LogP contribution in [0.4, 0.5) is 0 Å². The second kappa shape index (κ2) is 10.1. The van der Waals surface area contributed by atoms with Gasteiger partial charge >= 0.3 is 0 Å². The zero-order valence-electron chi connectivity index (χ0n) is 15.3. The maximum atomic E-state index is 12.9. The lowest BCUT2D eigenvalue weighted by molar-refractivity contribution is -0.132. The molecule has 6 heteroatoms. The molecule has 0 spiro atoms. The van der Waals surface area contributed by atoms with Gasteiger partial charge in [-0.05, 0) is 48.8 Å². The number of nitrogens with zero attached hydrogens (tertiary/aromatic N) is 2. The fraction of sp³-hybridized carbons (Fsp3) is 0.429. The second-order valence-electron chi connectivity index (χ2n) is 7.27. The fourth-order valence-corrected chi connectivity index (χ4v) is 4.14. The van der Waals surface area contributed by atoms with E-state index in [1.165, 1.54) is 5.56 Å². The number of halogens is 2. The molecule has 0 aliphatic carbocycles. The van der Waals surface area contributed by atoms with Crippen molar-refractivity contribution in [2.24, 2.45) is 5.92 Å². The van der Waals surface area contributed by atoms with E-state index in [2.05, 4.69) is 45.5 Å². The van der Waals surface area contributed by atoms with Crippen LogP contribution < -0.4 is 5.32 Å². The molecule has 1 aromatic carbocycles. The van der Waals surface area contributed by atoms with Crippen molar-refractivity contribution in [3.8, 4) is 0 Å². The Morgan fingerprint density at radius 1 is 1.11 bits per heavy atom. The normalized spacial score (nSPS) is 24.1. The van der Waals surface area contributed by atoms with E-state index in [1.54, 1.807) is 0 Å². The van der Waals surface area contributed by atoms with Crippen molar-refractivity contribution in [1.82, 2.24) is 15.2 Å². The number of hydrogen-bond acceptors (Lipinski definition) is 3. The summed E-state index contributed by atoms with van der Waals surface area (Å²) >= 11 is 0. The van der Waals surface area contributed by atoms with Gasteiger partial charge in [0.1, 0.15) is 0 Å². The van der Waals surface area contributed by atoms with Gasteiger partial charge < -0.3 is 10.2 Å². The van der Waals surface area contributed by atoms with Crippen LogP contribution in [-0.4, -0.2) is 41.5 Å². The van der Waals surface area contributed by atoms with Crippen molar-refractivity contribution in [2.75, 3.05) is 19.6 Å². The van der Waals surface area contributed by atoms with Gasteiger partial charge in [0.15, 0.2) is 0 Å². The Morgan fingerprint density at radius 3 is 2.63 bits per heavy atom. The number of rotatable bonds is 4. The molecule has 0 radical (unpaired) electrons. The molecule has 2 aliphatic heterocycles. The molecule has 1 amide bonds. The molecule has 1 aromatic heterocycles. The molecule has 4 rings (SSSR count). The van der Waals surface area contributed by atoms with Crippen LogP contribution in [0.2, 0.25) is 0 Å². The van der Waals surface area contributed by atoms with E-state index < -0.39 is 0 Å². The Hall–Kier alpha value is -1.62. The Kier molecular flexibility index (Phi) is 8.08. The van der Waals surface area contributed by atoms with Crippen LogP contribution in [-0.2, 0) is 11.2 Å². The summed E-state index contributed by atoms with van der Waals surface area (Å²) < 4.78 is 0. The van der Waals surface area contributed by atoms with Crippen molar-refractivity contribution < 1.29 is 4.79 Å². The number of pyridine rings is 1. The van der Waals surface area contributed by atoms with E-state index in [1.807, 2.05) is 24.4 Å². The van der Waals surface area contributed by atoms with Crippen molar-refractivity contribution in [3.05, 3.63) is 66.0 Å². The summed E-state index contributed by atoms with van der Waals surface area (Å²) in [4.78, 5) is 19.3. The predicted molar refractivity (Wildman–Crippen MR) is 113 cm³/mol. The minimum absolute atomic E-state index is 0. The average Bonchev–Trinajstić information content (AvgIpc) is 3.33. The Morgan fingerprint density at radius 2 is 1.89 bits per heavy atom. The minimum Gasteiger partial charge on any atom is -0.341 e. The van der Waals surface area contributed by atoms with Crippen LogP contribution in [0.3, 0.4) is 0 Å². The molecule has 2 saturated heterocycles. The molecule has 1 N–H and O–H groups in total. The summed E-state index contributed by atoms with van der Waals surface area (Å²) in [6.07, 6.45) is 4.80. The van der Waals surface area contributed by atoms with Gasteiger partial charge in [-0.15, -0.1) is 24.8 Å². The van der Waals surface area contributed by atoms with Gasteiger partial charge in [-0.1, -0.05) is 36.4 Å². The van der Waals surface area contributed by atoms with Crippen LogP contribution in [0, 0.1) is 5.92 Å². The standard InChI is InChI=1S/C21H25N3O.2ClH/c25-21(20-13-18(14-23-20)17-6-2-1-3-7-17)24-11-9-16(15-24)12-19-8-4-5-10-22-19;;/h1-8,10,16,18,20,23H,9,11-15H2;2*1H/t16?,18-,20-;;/m1../s1. The summed E-state index contributed by atoms with van der Waals surface area (Å²) in [5, 5.41) is 3.44. The minimum atomic E-state index is -0.0289. The fourth-order valence-electron chi connectivity index (χ4n) is 4.14. The van der Waals surface area contributed by atoms with Gasteiger partial charge in [0.2, 0.25) is 5.91 Å². The van der Waals surface area contributed by atoms with E-state index in [0.717, 1.165) is 44.6 Å². The molecule has 0 bridgehead atoms. The van der Waals surface area contributed by atoms with E-state index in [-0.39, 0.29) is 36.8 Å². The van der Waals surface area contributed by atoms with E-state index in [0.29, 0.717) is 11.8 Å². The number of carbonyl (C=O) groups is 1.